The second kappa shape index (κ2) is 4.89. The van der Waals surface area contributed by atoms with Crippen LogP contribution in [0.4, 0.5) is 14.5 Å². The molecule has 0 aromatic carbocycles. The van der Waals surface area contributed by atoms with Crippen molar-refractivity contribution in [3.63, 3.8) is 0 Å². The van der Waals surface area contributed by atoms with Crippen LogP contribution in [-0.4, -0.2) is 4.98 Å². The van der Waals surface area contributed by atoms with Gasteiger partial charge in [0.15, 0.2) is 0 Å². The topological polar surface area (TPSA) is 62.7 Å². The highest BCUT2D eigenvalue weighted by Gasteiger charge is 2.18. The first-order valence-corrected chi connectivity index (χ1v) is 4.62. The molecule has 0 aliphatic heterocycles. The number of alkyl halides is 3. The average Bonchev–Trinajstić information content (AvgIpc) is 2.20. The van der Waals surface area contributed by atoms with Crippen molar-refractivity contribution in [1.29, 1.82) is 5.26 Å². The number of hydrogen-bond donors (Lipinski definition) is 1. The number of nitrogens with zero attached hydrogens (tertiary/aromatic N) is 2. The summed E-state index contributed by atoms with van der Waals surface area (Å²) in [4.78, 5) is 3.52. The first-order chi connectivity index (χ1) is 7.11. The van der Waals surface area contributed by atoms with Crippen molar-refractivity contribution in [3.8, 4) is 6.07 Å². The van der Waals surface area contributed by atoms with E-state index >= 15 is 0 Å². The second-order valence-corrected chi connectivity index (χ2v) is 3.09. The van der Waals surface area contributed by atoms with E-state index in [1.54, 1.807) is 0 Å². The van der Waals surface area contributed by atoms with E-state index in [1.807, 2.05) is 6.07 Å². The molecule has 0 fully saturated rings. The van der Waals surface area contributed by atoms with Crippen molar-refractivity contribution < 1.29 is 8.78 Å². The maximum absolute atomic E-state index is 12.5. The third-order valence-electron chi connectivity index (χ3n) is 1.96. The Kier molecular flexibility index (Phi) is 3.81. The zero-order valence-corrected chi connectivity index (χ0v) is 8.43. The monoisotopic (exact) mass is 231 g/mol. The van der Waals surface area contributed by atoms with Crippen molar-refractivity contribution in [1.82, 2.24) is 4.98 Å². The molecule has 6 heteroatoms. The van der Waals surface area contributed by atoms with Crippen LogP contribution in [0.1, 0.15) is 23.2 Å². The van der Waals surface area contributed by atoms with Gasteiger partial charge >= 0.3 is 0 Å². The number of nitrogen functional groups attached to an aromatic ring is 1. The Morgan fingerprint density at radius 1 is 1.53 bits per heavy atom. The van der Waals surface area contributed by atoms with Gasteiger partial charge in [0.1, 0.15) is 5.69 Å². The summed E-state index contributed by atoms with van der Waals surface area (Å²) in [7, 11) is 0. The predicted octanol–water partition coefficient (Wildman–Crippen LogP) is 2.41. The van der Waals surface area contributed by atoms with E-state index in [-0.39, 0.29) is 23.6 Å². The molecule has 2 N–H and O–H groups in total. The fraction of sp³-hybridized carbons (Fsp3) is 0.333. The Bertz CT molecular complexity index is 401. The molecule has 0 saturated carbocycles. The molecule has 0 aliphatic rings. The first kappa shape index (κ1) is 11.7. The predicted molar refractivity (Wildman–Crippen MR) is 52.5 cm³/mol. The minimum absolute atomic E-state index is 0.0455. The van der Waals surface area contributed by atoms with Gasteiger partial charge in [0.25, 0.3) is 6.43 Å². The number of pyridine rings is 1. The molecular formula is C9H8ClF2N3. The Labute approximate surface area is 90.5 Å². The van der Waals surface area contributed by atoms with Crippen LogP contribution in [0.2, 0.25) is 0 Å². The molecule has 0 atom stereocenters. The van der Waals surface area contributed by atoms with Gasteiger partial charge in [-0.2, -0.15) is 5.26 Å². The average molecular weight is 232 g/mol. The van der Waals surface area contributed by atoms with Gasteiger partial charge in [0, 0.05) is 11.4 Å². The molecule has 1 rings (SSSR count). The van der Waals surface area contributed by atoms with Crippen LogP contribution in [0.5, 0.6) is 0 Å². The second-order valence-electron chi connectivity index (χ2n) is 2.83. The lowest BCUT2D eigenvalue weighted by molar-refractivity contribution is 0.145. The molecule has 0 aliphatic carbocycles. The van der Waals surface area contributed by atoms with E-state index in [0.29, 0.717) is 5.56 Å². The van der Waals surface area contributed by atoms with Crippen LogP contribution < -0.4 is 5.73 Å². The quantitative estimate of drug-likeness (QED) is 0.813. The smallest absolute Gasteiger partial charge is 0.280 e. The molecule has 1 aromatic heterocycles. The Morgan fingerprint density at radius 3 is 2.67 bits per heavy atom. The molecule has 3 nitrogen and oxygen atoms in total. The van der Waals surface area contributed by atoms with E-state index < -0.39 is 12.1 Å². The van der Waals surface area contributed by atoms with Crippen molar-refractivity contribution in [2.75, 3.05) is 5.73 Å². The standard InChI is InChI=1S/C9H8ClF2N3/c10-3-6-5(1-2-13)7(14)4-15-8(6)9(11)12/h4,9H,1,3,14H2. The minimum atomic E-state index is -2.71. The summed E-state index contributed by atoms with van der Waals surface area (Å²) in [5, 5.41) is 8.54. The van der Waals surface area contributed by atoms with E-state index in [9.17, 15) is 8.78 Å². The van der Waals surface area contributed by atoms with E-state index in [4.69, 9.17) is 22.6 Å². The number of nitriles is 1. The van der Waals surface area contributed by atoms with Gasteiger partial charge in [-0.1, -0.05) is 0 Å². The van der Waals surface area contributed by atoms with Crippen LogP contribution in [-0.2, 0) is 12.3 Å². The summed E-state index contributed by atoms with van der Waals surface area (Å²) in [6, 6.07) is 1.85. The van der Waals surface area contributed by atoms with Gasteiger partial charge in [0.2, 0.25) is 0 Å². The minimum Gasteiger partial charge on any atom is -0.397 e. The lowest BCUT2D eigenvalue weighted by Gasteiger charge is -2.11. The van der Waals surface area contributed by atoms with Gasteiger partial charge in [-0.25, -0.2) is 8.78 Å². The van der Waals surface area contributed by atoms with Crippen molar-refractivity contribution >= 4 is 17.3 Å². The third-order valence-corrected chi connectivity index (χ3v) is 2.23. The van der Waals surface area contributed by atoms with Gasteiger partial charge in [0.05, 0.1) is 24.4 Å². The molecule has 0 spiro atoms. The number of aromatic nitrogens is 1. The highest BCUT2D eigenvalue weighted by atomic mass is 35.5. The molecule has 0 amide bonds. The van der Waals surface area contributed by atoms with Gasteiger partial charge in [-0.3, -0.25) is 4.98 Å². The van der Waals surface area contributed by atoms with Crippen molar-refractivity contribution in [3.05, 3.63) is 23.0 Å². The summed E-state index contributed by atoms with van der Waals surface area (Å²) in [6.45, 7) is 0. The number of nitrogens with two attached hydrogens (primary N) is 1. The van der Waals surface area contributed by atoms with Crippen LogP contribution in [0, 0.1) is 11.3 Å². The molecular weight excluding hydrogens is 224 g/mol. The zero-order valence-electron chi connectivity index (χ0n) is 7.67. The van der Waals surface area contributed by atoms with Crippen molar-refractivity contribution in [2.45, 2.75) is 18.7 Å². The van der Waals surface area contributed by atoms with E-state index in [2.05, 4.69) is 4.98 Å². The number of halogens is 3. The SMILES string of the molecule is N#CCc1c(N)cnc(C(F)F)c1CCl. The molecule has 0 bridgehead atoms. The molecule has 80 valence electrons. The largest absolute Gasteiger partial charge is 0.397 e. The lowest BCUT2D eigenvalue weighted by Crippen LogP contribution is -2.05. The molecule has 0 saturated heterocycles. The third kappa shape index (κ3) is 2.34. The molecule has 1 heterocycles. The maximum Gasteiger partial charge on any atom is 0.280 e. The fourth-order valence-corrected chi connectivity index (χ4v) is 1.55. The van der Waals surface area contributed by atoms with Crippen LogP contribution in [0.15, 0.2) is 6.20 Å². The molecule has 0 radical (unpaired) electrons. The maximum atomic E-state index is 12.5. The summed E-state index contributed by atoms with van der Waals surface area (Å²) in [6.07, 6.45) is -1.63. The van der Waals surface area contributed by atoms with Crippen LogP contribution in [0.25, 0.3) is 0 Å². The number of rotatable bonds is 3. The highest BCUT2D eigenvalue weighted by molar-refractivity contribution is 6.17. The highest BCUT2D eigenvalue weighted by Crippen LogP contribution is 2.28. The Morgan fingerprint density at radius 2 is 2.20 bits per heavy atom. The summed E-state index contributed by atoms with van der Waals surface area (Å²) in [5.41, 5.74) is 5.86. The number of anilines is 1. The molecule has 15 heavy (non-hydrogen) atoms. The normalized spacial score (nSPS) is 10.3. The van der Waals surface area contributed by atoms with Crippen LogP contribution >= 0.6 is 11.6 Å². The van der Waals surface area contributed by atoms with Gasteiger partial charge in [-0.05, 0) is 5.56 Å². The van der Waals surface area contributed by atoms with Gasteiger partial charge in [-0.15, -0.1) is 11.6 Å². The Hall–Kier alpha value is -1.41. The molecule has 1 aromatic rings. The van der Waals surface area contributed by atoms with E-state index in [0.717, 1.165) is 6.20 Å². The van der Waals surface area contributed by atoms with Gasteiger partial charge < -0.3 is 5.73 Å². The Balaban J connectivity index is 3.34. The van der Waals surface area contributed by atoms with Crippen LogP contribution in [0.3, 0.4) is 0 Å². The summed E-state index contributed by atoms with van der Waals surface area (Å²) < 4.78 is 25.0. The lowest BCUT2D eigenvalue weighted by atomic mass is 10.0. The fourth-order valence-electron chi connectivity index (χ4n) is 1.25. The summed E-state index contributed by atoms with van der Waals surface area (Å²) in [5.74, 6) is -0.130. The molecule has 0 unspecified atom stereocenters. The van der Waals surface area contributed by atoms with E-state index in [1.165, 1.54) is 0 Å². The first-order valence-electron chi connectivity index (χ1n) is 4.09. The van der Waals surface area contributed by atoms with Crippen molar-refractivity contribution in [2.24, 2.45) is 0 Å². The number of hydrogen-bond acceptors (Lipinski definition) is 3. The summed E-state index contributed by atoms with van der Waals surface area (Å²) >= 11 is 5.55. The zero-order chi connectivity index (χ0) is 11.4.